The lowest BCUT2D eigenvalue weighted by molar-refractivity contribution is -0.117. The molecule has 20 heavy (non-hydrogen) atoms. The van der Waals surface area contributed by atoms with Crippen LogP contribution >= 0.6 is 0 Å². The number of carbonyl (C=O) groups is 2. The number of benzene rings is 1. The summed E-state index contributed by atoms with van der Waals surface area (Å²) < 4.78 is 0. The maximum absolute atomic E-state index is 12.0. The van der Waals surface area contributed by atoms with Gasteiger partial charge in [-0.1, -0.05) is 6.42 Å². The first-order valence-corrected chi connectivity index (χ1v) is 7.10. The van der Waals surface area contributed by atoms with Crippen LogP contribution in [0.2, 0.25) is 0 Å². The Bertz CT molecular complexity index is 556. The molecule has 2 atom stereocenters. The third-order valence-corrected chi connectivity index (χ3v) is 4.18. The zero-order valence-electron chi connectivity index (χ0n) is 11.3. The molecule has 1 aliphatic carbocycles. The Balaban J connectivity index is 1.62. The molecule has 5 nitrogen and oxygen atoms in total. The van der Waals surface area contributed by atoms with E-state index in [0.29, 0.717) is 18.8 Å². The lowest BCUT2D eigenvalue weighted by atomic mass is 10.00. The molecule has 1 aromatic rings. The molecule has 1 aromatic carbocycles. The summed E-state index contributed by atoms with van der Waals surface area (Å²) in [6.07, 6.45) is 4.04. The van der Waals surface area contributed by atoms with Crippen LogP contribution in [0.25, 0.3) is 0 Å². The predicted molar refractivity (Wildman–Crippen MR) is 77.3 cm³/mol. The molecule has 0 bridgehead atoms. The van der Waals surface area contributed by atoms with Crippen molar-refractivity contribution in [2.45, 2.75) is 38.1 Å². The van der Waals surface area contributed by atoms with Crippen LogP contribution in [0.5, 0.6) is 0 Å². The molecule has 1 aliphatic heterocycles. The van der Waals surface area contributed by atoms with Crippen LogP contribution in [0.1, 0.15) is 31.2 Å². The molecule has 4 N–H and O–H groups in total. The summed E-state index contributed by atoms with van der Waals surface area (Å²) >= 11 is 0. The largest absolute Gasteiger partial charge is 0.327 e. The molecule has 2 amide bonds. The standard InChI is InChI=1S/C15H19N3O2/c16-12-3-1-2-9(12)7-14(19)17-11-4-5-13-10(6-11)8-15(20)18-13/h4-6,9,12H,1-3,7-8,16H2,(H,17,19)(H,18,20)/t9-,12+/m0/s1. The van der Waals surface area contributed by atoms with E-state index >= 15 is 0 Å². The molecule has 0 unspecified atom stereocenters. The Hall–Kier alpha value is -1.88. The van der Waals surface area contributed by atoms with E-state index in [9.17, 15) is 9.59 Å². The van der Waals surface area contributed by atoms with Crippen LogP contribution in [-0.2, 0) is 16.0 Å². The molecular formula is C15H19N3O2. The maximum Gasteiger partial charge on any atom is 0.228 e. The predicted octanol–water partition coefficient (Wildman–Crippen LogP) is 1.64. The summed E-state index contributed by atoms with van der Waals surface area (Å²) in [5.41, 5.74) is 8.51. The fraction of sp³-hybridized carbons (Fsp3) is 0.467. The van der Waals surface area contributed by atoms with Gasteiger partial charge < -0.3 is 16.4 Å². The summed E-state index contributed by atoms with van der Waals surface area (Å²) in [7, 11) is 0. The van der Waals surface area contributed by atoms with Crippen molar-refractivity contribution in [3.63, 3.8) is 0 Å². The van der Waals surface area contributed by atoms with Crippen LogP contribution in [0.4, 0.5) is 11.4 Å². The number of hydrogen-bond donors (Lipinski definition) is 3. The van der Waals surface area contributed by atoms with Crippen molar-refractivity contribution in [3.05, 3.63) is 23.8 Å². The van der Waals surface area contributed by atoms with Crippen LogP contribution < -0.4 is 16.4 Å². The normalized spacial score (nSPS) is 24.4. The van der Waals surface area contributed by atoms with Gasteiger partial charge in [0.15, 0.2) is 0 Å². The van der Waals surface area contributed by atoms with Crippen molar-refractivity contribution >= 4 is 23.2 Å². The molecule has 2 aliphatic rings. The summed E-state index contributed by atoms with van der Waals surface area (Å²) in [5, 5.41) is 5.67. The van der Waals surface area contributed by atoms with E-state index in [0.717, 1.165) is 36.2 Å². The summed E-state index contributed by atoms with van der Waals surface area (Å²) in [6, 6.07) is 5.66. The van der Waals surface area contributed by atoms with E-state index in [1.807, 2.05) is 18.2 Å². The van der Waals surface area contributed by atoms with E-state index in [1.165, 1.54) is 0 Å². The minimum Gasteiger partial charge on any atom is -0.327 e. The molecular weight excluding hydrogens is 254 g/mol. The highest BCUT2D eigenvalue weighted by Gasteiger charge is 2.26. The first-order valence-electron chi connectivity index (χ1n) is 7.10. The molecule has 1 saturated carbocycles. The van der Waals surface area contributed by atoms with Crippen LogP contribution in [0.3, 0.4) is 0 Å². The fourth-order valence-electron chi connectivity index (χ4n) is 3.08. The van der Waals surface area contributed by atoms with Crippen molar-refractivity contribution in [2.75, 3.05) is 10.6 Å². The van der Waals surface area contributed by atoms with Crippen LogP contribution in [0.15, 0.2) is 18.2 Å². The molecule has 3 rings (SSSR count). The fourth-order valence-corrected chi connectivity index (χ4v) is 3.08. The van der Waals surface area contributed by atoms with Crippen molar-refractivity contribution < 1.29 is 9.59 Å². The van der Waals surface area contributed by atoms with Crippen molar-refractivity contribution in [1.82, 2.24) is 0 Å². The second kappa shape index (κ2) is 5.25. The van der Waals surface area contributed by atoms with Crippen LogP contribution in [-0.4, -0.2) is 17.9 Å². The Labute approximate surface area is 117 Å². The molecule has 0 radical (unpaired) electrons. The SMILES string of the molecule is N[C@@H]1CCC[C@H]1CC(=O)Nc1ccc2c(c1)CC(=O)N2. The van der Waals surface area contributed by atoms with Crippen LogP contribution in [0, 0.1) is 5.92 Å². The lowest BCUT2D eigenvalue weighted by Gasteiger charge is -2.15. The Morgan fingerprint density at radius 2 is 2.25 bits per heavy atom. The number of carbonyl (C=O) groups excluding carboxylic acids is 2. The monoisotopic (exact) mass is 273 g/mol. The lowest BCUT2D eigenvalue weighted by Crippen LogP contribution is -2.28. The van der Waals surface area contributed by atoms with Gasteiger partial charge in [-0.15, -0.1) is 0 Å². The second-order valence-electron chi connectivity index (χ2n) is 5.70. The van der Waals surface area contributed by atoms with Gasteiger partial charge in [-0.2, -0.15) is 0 Å². The number of fused-ring (bicyclic) bond motifs is 1. The number of hydrogen-bond acceptors (Lipinski definition) is 3. The van der Waals surface area contributed by atoms with E-state index in [2.05, 4.69) is 10.6 Å². The van der Waals surface area contributed by atoms with E-state index < -0.39 is 0 Å². The van der Waals surface area contributed by atoms with Crippen molar-refractivity contribution in [2.24, 2.45) is 11.7 Å². The van der Waals surface area contributed by atoms with Gasteiger partial charge in [-0.3, -0.25) is 9.59 Å². The van der Waals surface area contributed by atoms with Gasteiger partial charge in [0.1, 0.15) is 0 Å². The van der Waals surface area contributed by atoms with Gasteiger partial charge in [-0.25, -0.2) is 0 Å². The van der Waals surface area contributed by atoms with E-state index in [1.54, 1.807) is 0 Å². The third-order valence-electron chi connectivity index (χ3n) is 4.18. The number of nitrogens with one attached hydrogen (secondary N) is 2. The minimum absolute atomic E-state index is 0.000376. The molecule has 1 heterocycles. The van der Waals surface area contributed by atoms with E-state index in [4.69, 9.17) is 5.73 Å². The Morgan fingerprint density at radius 1 is 1.40 bits per heavy atom. The molecule has 5 heteroatoms. The zero-order valence-corrected chi connectivity index (χ0v) is 11.3. The Morgan fingerprint density at radius 3 is 3.00 bits per heavy atom. The van der Waals surface area contributed by atoms with Crippen molar-refractivity contribution in [3.8, 4) is 0 Å². The Kier molecular flexibility index (Phi) is 3.44. The molecule has 0 aromatic heterocycles. The number of amides is 2. The minimum atomic E-state index is 0.000376. The van der Waals surface area contributed by atoms with Gasteiger partial charge >= 0.3 is 0 Å². The van der Waals surface area contributed by atoms with Gasteiger partial charge in [-0.05, 0) is 42.5 Å². The molecule has 106 valence electrons. The molecule has 0 spiro atoms. The van der Waals surface area contributed by atoms with Gasteiger partial charge in [0.2, 0.25) is 11.8 Å². The van der Waals surface area contributed by atoms with Gasteiger partial charge in [0.05, 0.1) is 6.42 Å². The highest BCUT2D eigenvalue weighted by atomic mass is 16.2. The zero-order chi connectivity index (χ0) is 14.1. The first-order chi connectivity index (χ1) is 9.61. The third kappa shape index (κ3) is 2.67. The first kappa shape index (κ1) is 13.1. The average molecular weight is 273 g/mol. The molecule has 0 saturated heterocycles. The highest BCUT2D eigenvalue weighted by molar-refractivity contribution is 6.00. The second-order valence-corrected chi connectivity index (χ2v) is 5.70. The summed E-state index contributed by atoms with van der Waals surface area (Å²) in [6.45, 7) is 0. The van der Waals surface area contributed by atoms with Gasteiger partial charge in [0, 0.05) is 23.8 Å². The number of rotatable bonds is 3. The quantitative estimate of drug-likeness (QED) is 0.782. The number of anilines is 2. The number of nitrogens with two attached hydrogens (primary N) is 1. The van der Waals surface area contributed by atoms with Gasteiger partial charge in [0.25, 0.3) is 0 Å². The smallest absolute Gasteiger partial charge is 0.228 e. The average Bonchev–Trinajstić information content (AvgIpc) is 2.94. The summed E-state index contributed by atoms with van der Waals surface area (Å²) in [4.78, 5) is 23.3. The van der Waals surface area contributed by atoms with Crippen molar-refractivity contribution in [1.29, 1.82) is 0 Å². The topological polar surface area (TPSA) is 84.2 Å². The summed E-state index contributed by atoms with van der Waals surface area (Å²) in [5.74, 6) is 0.303. The van der Waals surface area contributed by atoms with E-state index in [-0.39, 0.29) is 17.9 Å². The highest BCUT2D eigenvalue weighted by Crippen LogP contribution is 2.28. The molecule has 1 fully saturated rings. The maximum atomic E-state index is 12.0.